The number of thiophene rings is 1. The zero-order chi connectivity index (χ0) is 17.2. The number of nitrogens with one attached hydrogen (secondary N) is 1. The number of carbonyl (C=O) groups excluding carboxylic acids is 1. The molecule has 0 saturated carbocycles. The van der Waals surface area contributed by atoms with Gasteiger partial charge in [-0.3, -0.25) is 4.79 Å². The Balaban J connectivity index is 2.19. The SMILES string of the molecule is COC(NC(=O)C(C)C)c1ccc(-c2noc(C(F)(F)F)n2)s1. The predicted molar refractivity (Wildman–Crippen MR) is 75.3 cm³/mol. The summed E-state index contributed by atoms with van der Waals surface area (Å²) in [6.45, 7) is 3.47. The van der Waals surface area contributed by atoms with E-state index in [2.05, 4.69) is 20.0 Å². The molecule has 1 amide bonds. The highest BCUT2D eigenvalue weighted by molar-refractivity contribution is 7.15. The minimum absolute atomic E-state index is 0.168. The topological polar surface area (TPSA) is 77.2 Å². The first-order valence-corrected chi connectivity index (χ1v) is 7.38. The Kier molecular flexibility index (Phi) is 5.05. The van der Waals surface area contributed by atoms with Crippen molar-refractivity contribution in [3.8, 4) is 10.7 Å². The van der Waals surface area contributed by atoms with E-state index < -0.39 is 18.3 Å². The summed E-state index contributed by atoms with van der Waals surface area (Å²) in [4.78, 5) is 16.0. The van der Waals surface area contributed by atoms with Gasteiger partial charge in [0.05, 0.1) is 9.75 Å². The van der Waals surface area contributed by atoms with Crippen LogP contribution in [0.15, 0.2) is 16.7 Å². The lowest BCUT2D eigenvalue weighted by Crippen LogP contribution is -2.32. The molecule has 1 atom stereocenters. The van der Waals surface area contributed by atoms with Crippen molar-refractivity contribution in [3.05, 3.63) is 22.9 Å². The van der Waals surface area contributed by atoms with E-state index in [4.69, 9.17) is 4.74 Å². The molecule has 2 aromatic rings. The van der Waals surface area contributed by atoms with E-state index in [-0.39, 0.29) is 17.6 Å². The monoisotopic (exact) mass is 349 g/mol. The first kappa shape index (κ1) is 17.4. The van der Waals surface area contributed by atoms with Gasteiger partial charge in [-0.15, -0.1) is 11.3 Å². The van der Waals surface area contributed by atoms with Crippen LogP contribution in [0, 0.1) is 5.92 Å². The van der Waals surface area contributed by atoms with Crippen molar-refractivity contribution < 1.29 is 27.2 Å². The first-order chi connectivity index (χ1) is 10.7. The molecule has 23 heavy (non-hydrogen) atoms. The average molecular weight is 349 g/mol. The molecule has 0 aromatic carbocycles. The van der Waals surface area contributed by atoms with Crippen molar-refractivity contribution >= 4 is 17.2 Å². The Morgan fingerprint density at radius 2 is 2.09 bits per heavy atom. The number of aromatic nitrogens is 2. The van der Waals surface area contributed by atoms with Crippen LogP contribution in [0.4, 0.5) is 13.2 Å². The number of halogens is 3. The summed E-state index contributed by atoms with van der Waals surface area (Å²) in [7, 11) is 1.42. The number of carbonyl (C=O) groups is 1. The third-order valence-corrected chi connectivity index (χ3v) is 3.93. The Labute approximate surface area is 133 Å². The molecular weight excluding hydrogens is 335 g/mol. The minimum atomic E-state index is -4.69. The Morgan fingerprint density at radius 3 is 2.61 bits per heavy atom. The molecule has 1 unspecified atom stereocenters. The second-order valence-corrected chi connectivity index (χ2v) is 6.02. The standard InChI is InChI=1S/C13H14F3N3O3S/c1-6(2)10(20)18-11(21-3)8-5-4-7(23-8)9-17-12(22-19-9)13(14,15)16/h4-6,11H,1-3H3,(H,18,20). The van der Waals surface area contributed by atoms with Gasteiger partial charge in [-0.2, -0.15) is 18.2 Å². The van der Waals surface area contributed by atoms with Crippen molar-refractivity contribution in [3.63, 3.8) is 0 Å². The fourth-order valence-corrected chi connectivity index (χ4v) is 2.56. The van der Waals surface area contributed by atoms with Gasteiger partial charge in [-0.25, -0.2) is 0 Å². The molecule has 0 spiro atoms. The molecule has 0 fully saturated rings. The molecular formula is C13H14F3N3O3S. The van der Waals surface area contributed by atoms with Gasteiger partial charge in [-0.05, 0) is 12.1 Å². The molecule has 2 heterocycles. The van der Waals surface area contributed by atoms with Gasteiger partial charge in [0.25, 0.3) is 0 Å². The van der Waals surface area contributed by atoms with E-state index in [1.165, 1.54) is 7.11 Å². The summed E-state index contributed by atoms with van der Waals surface area (Å²) in [5, 5.41) is 6.00. The van der Waals surface area contributed by atoms with E-state index in [0.29, 0.717) is 9.75 Å². The van der Waals surface area contributed by atoms with Gasteiger partial charge in [0.15, 0.2) is 6.23 Å². The first-order valence-electron chi connectivity index (χ1n) is 6.56. The maximum absolute atomic E-state index is 12.5. The van der Waals surface area contributed by atoms with Gasteiger partial charge in [0.1, 0.15) is 0 Å². The smallest absolute Gasteiger partial charge is 0.357 e. The highest BCUT2D eigenvalue weighted by Crippen LogP contribution is 2.33. The zero-order valence-corrected chi connectivity index (χ0v) is 13.3. The second kappa shape index (κ2) is 6.67. The number of rotatable bonds is 5. The fraction of sp³-hybridized carbons (Fsp3) is 0.462. The average Bonchev–Trinajstić information content (AvgIpc) is 3.11. The van der Waals surface area contributed by atoms with Gasteiger partial charge in [0.2, 0.25) is 11.7 Å². The largest absolute Gasteiger partial charge is 0.471 e. The Morgan fingerprint density at radius 1 is 1.39 bits per heavy atom. The number of hydrogen-bond donors (Lipinski definition) is 1. The molecule has 0 saturated heterocycles. The van der Waals surface area contributed by atoms with Crippen LogP contribution in [0.25, 0.3) is 10.7 Å². The summed E-state index contributed by atoms with van der Waals surface area (Å²) in [6.07, 6.45) is -5.39. The molecule has 0 aliphatic rings. The predicted octanol–water partition coefficient (Wildman–Crippen LogP) is 3.23. The molecule has 0 radical (unpaired) electrons. The molecule has 126 valence electrons. The molecule has 2 rings (SSSR count). The van der Waals surface area contributed by atoms with E-state index in [1.54, 1.807) is 26.0 Å². The number of alkyl halides is 3. The van der Waals surface area contributed by atoms with Crippen molar-refractivity contribution in [1.82, 2.24) is 15.5 Å². The summed E-state index contributed by atoms with van der Waals surface area (Å²) in [5.74, 6) is -2.00. The van der Waals surface area contributed by atoms with Crippen LogP contribution in [0.3, 0.4) is 0 Å². The van der Waals surface area contributed by atoms with Gasteiger partial charge >= 0.3 is 12.1 Å². The maximum atomic E-state index is 12.5. The van der Waals surface area contributed by atoms with E-state index in [0.717, 1.165) is 11.3 Å². The molecule has 0 bridgehead atoms. The van der Waals surface area contributed by atoms with Crippen LogP contribution in [0.5, 0.6) is 0 Å². The lowest BCUT2D eigenvalue weighted by atomic mass is 10.2. The number of nitrogens with zero attached hydrogens (tertiary/aromatic N) is 2. The lowest BCUT2D eigenvalue weighted by molar-refractivity contribution is -0.159. The van der Waals surface area contributed by atoms with Crippen LogP contribution < -0.4 is 5.32 Å². The van der Waals surface area contributed by atoms with E-state index >= 15 is 0 Å². The van der Waals surface area contributed by atoms with Gasteiger partial charge in [0, 0.05) is 13.0 Å². The lowest BCUT2D eigenvalue weighted by Gasteiger charge is -2.16. The molecule has 2 aromatic heterocycles. The number of hydrogen-bond acceptors (Lipinski definition) is 6. The Bertz CT molecular complexity index is 681. The molecule has 6 nitrogen and oxygen atoms in total. The number of methoxy groups -OCH3 is 1. The Hall–Kier alpha value is -1.94. The zero-order valence-electron chi connectivity index (χ0n) is 12.5. The van der Waals surface area contributed by atoms with Gasteiger partial charge in [-0.1, -0.05) is 19.0 Å². The van der Waals surface area contributed by atoms with Crippen LogP contribution in [0.2, 0.25) is 0 Å². The third kappa shape index (κ3) is 4.08. The van der Waals surface area contributed by atoms with Crippen LogP contribution >= 0.6 is 11.3 Å². The molecule has 0 aliphatic heterocycles. The van der Waals surface area contributed by atoms with Gasteiger partial charge < -0.3 is 14.6 Å². The molecule has 1 N–H and O–H groups in total. The summed E-state index contributed by atoms with van der Waals surface area (Å²) in [6, 6.07) is 3.16. The van der Waals surface area contributed by atoms with E-state index in [9.17, 15) is 18.0 Å². The maximum Gasteiger partial charge on any atom is 0.471 e. The van der Waals surface area contributed by atoms with Crippen LogP contribution in [-0.2, 0) is 15.7 Å². The third-order valence-electron chi connectivity index (χ3n) is 2.81. The fourth-order valence-electron chi connectivity index (χ4n) is 1.59. The molecule has 10 heteroatoms. The highest BCUT2D eigenvalue weighted by Gasteiger charge is 2.38. The van der Waals surface area contributed by atoms with Crippen molar-refractivity contribution in [2.45, 2.75) is 26.3 Å². The normalized spacial score (nSPS) is 13.3. The van der Waals surface area contributed by atoms with Crippen molar-refractivity contribution in [1.29, 1.82) is 0 Å². The quantitative estimate of drug-likeness (QED) is 0.839. The number of amides is 1. The van der Waals surface area contributed by atoms with Crippen LogP contribution in [0.1, 0.15) is 30.8 Å². The van der Waals surface area contributed by atoms with E-state index in [1.807, 2.05) is 0 Å². The van der Waals surface area contributed by atoms with Crippen LogP contribution in [-0.4, -0.2) is 23.2 Å². The molecule has 0 aliphatic carbocycles. The summed E-state index contributed by atoms with van der Waals surface area (Å²) in [5.41, 5.74) is 0. The number of ether oxygens (including phenoxy) is 1. The second-order valence-electron chi connectivity index (χ2n) is 4.90. The minimum Gasteiger partial charge on any atom is -0.357 e. The van der Waals surface area contributed by atoms with Crippen molar-refractivity contribution in [2.24, 2.45) is 5.92 Å². The highest BCUT2D eigenvalue weighted by atomic mass is 32.1. The van der Waals surface area contributed by atoms with Crippen molar-refractivity contribution in [2.75, 3.05) is 7.11 Å². The summed E-state index contributed by atoms with van der Waals surface area (Å²) >= 11 is 1.10. The summed E-state index contributed by atoms with van der Waals surface area (Å²) < 4.78 is 46.8.